The molecule has 1 aromatic heterocycles. The predicted molar refractivity (Wildman–Crippen MR) is 98.4 cm³/mol. The largest absolute Gasteiger partial charge is 0.463 e. The lowest BCUT2D eigenvalue weighted by atomic mass is 10.2. The van der Waals surface area contributed by atoms with Gasteiger partial charge < -0.3 is 4.74 Å². The molecule has 2 heterocycles. The minimum absolute atomic E-state index is 0.0434. The van der Waals surface area contributed by atoms with Crippen molar-refractivity contribution in [1.82, 2.24) is 9.99 Å². The number of hydrazone groups is 1. The van der Waals surface area contributed by atoms with Crippen LogP contribution >= 0.6 is 11.8 Å². The molecule has 1 aromatic rings. The van der Waals surface area contributed by atoms with Crippen LogP contribution in [0.5, 0.6) is 0 Å². The van der Waals surface area contributed by atoms with Crippen LogP contribution in [-0.2, 0) is 4.74 Å². The number of halogens is 1. The van der Waals surface area contributed by atoms with Crippen molar-refractivity contribution in [2.75, 3.05) is 13.9 Å². The zero-order valence-corrected chi connectivity index (χ0v) is 15.2. The van der Waals surface area contributed by atoms with Gasteiger partial charge in [0.1, 0.15) is 16.2 Å². The molecule has 0 aromatic carbocycles. The average Bonchev–Trinajstić information content (AvgIpc) is 2.96. The first-order valence-electron chi connectivity index (χ1n) is 7.66. The van der Waals surface area contributed by atoms with Gasteiger partial charge in [0.05, 0.1) is 0 Å². The molecule has 24 heavy (non-hydrogen) atoms. The number of ether oxygens (including phenoxy) is 1. The summed E-state index contributed by atoms with van der Waals surface area (Å²) in [4.78, 5) is 4.32. The Kier molecular flexibility index (Phi) is 6.61. The molecule has 0 amide bonds. The minimum atomic E-state index is -0.858. The summed E-state index contributed by atoms with van der Waals surface area (Å²) < 4.78 is 17.9. The second kappa shape index (κ2) is 8.68. The second-order valence-corrected chi connectivity index (χ2v) is 6.39. The Morgan fingerprint density at radius 2 is 2.21 bits per heavy atom. The Labute approximate surface area is 146 Å². The van der Waals surface area contributed by atoms with Gasteiger partial charge in [0.25, 0.3) is 0 Å². The van der Waals surface area contributed by atoms with E-state index in [1.54, 1.807) is 17.8 Å². The van der Waals surface area contributed by atoms with Crippen molar-refractivity contribution < 1.29 is 9.13 Å². The number of hydrogen-bond donors (Lipinski definition) is 0. The fraction of sp³-hybridized carbons (Fsp3) is 0.333. The van der Waals surface area contributed by atoms with Gasteiger partial charge >= 0.3 is 0 Å². The molecule has 0 bridgehead atoms. The zero-order valence-electron chi connectivity index (χ0n) is 14.4. The third kappa shape index (κ3) is 4.47. The number of nitrogens with zero attached hydrogens (tertiary/aromatic N) is 3. The number of allylic oxidation sites excluding steroid dienone is 4. The van der Waals surface area contributed by atoms with Crippen molar-refractivity contribution in [3.8, 4) is 0 Å². The number of likely N-dealkylation sites (N-methyl/N-ethyl adjacent to an activating group) is 1. The molecule has 0 N–H and O–H groups in total. The summed E-state index contributed by atoms with van der Waals surface area (Å²) >= 11 is 1.60. The Balaban J connectivity index is 2.22. The quantitative estimate of drug-likeness (QED) is 0.564. The van der Waals surface area contributed by atoms with Gasteiger partial charge in [-0.2, -0.15) is 5.10 Å². The van der Waals surface area contributed by atoms with Crippen molar-refractivity contribution in [3.63, 3.8) is 0 Å². The van der Waals surface area contributed by atoms with Gasteiger partial charge in [-0.1, -0.05) is 30.0 Å². The lowest BCUT2D eigenvalue weighted by molar-refractivity contribution is 0.120. The van der Waals surface area contributed by atoms with Crippen LogP contribution in [0.3, 0.4) is 0 Å². The summed E-state index contributed by atoms with van der Waals surface area (Å²) in [5, 5.41) is 7.29. The van der Waals surface area contributed by atoms with Gasteiger partial charge in [0, 0.05) is 30.1 Å². The summed E-state index contributed by atoms with van der Waals surface area (Å²) in [6, 6.07) is 3.97. The van der Waals surface area contributed by atoms with Crippen molar-refractivity contribution >= 4 is 16.8 Å². The number of aryl methyl sites for hydroxylation is 1. The van der Waals surface area contributed by atoms with Gasteiger partial charge in [-0.3, -0.25) is 9.99 Å². The summed E-state index contributed by atoms with van der Waals surface area (Å²) in [7, 11) is 1.90. The van der Waals surface area contributed by atoms with E-state index in [2.05, 4.69) is 10.1 Å². The van der Waals surface area contributed by atoms with Gasteiger partial charge in [0.15, 0.2) is 0 Å². The molecular weight excluding hydrogens is 325 g/mol. The van der Waals surface area contributed by atoms with E-state index < -0.39 is 6.86 Å². The van der Waals surface area contributed by atoms with Crippen LogP contribution in [0.1, 0.15) is 25.1 Å². The van der Waals surface area contributed by atoms with Crippen LogP contribution in [0, 0.1) is 6.92 Å². The highest BCUT2D eigenvalue weighted by molar-refractivity contribution is 8.15. The fourth-order valence-electron chi connectivity index (χ4n) is 2.22. The molecule has 0 saturated carbocycles. The van der Waals surface area contributed by atoms with Crippen molar-refractivity contribution in [2.24, 2.45) is 5.10 Å². The van der Waals surface area contributed by atoms with Crippen LogP contribution in [0.15, 0.2) is 59.1 Å². The van der Waals surface area contributed by atoms with Gasteiger partial charge in [-0.25, -0.2) is 4.39 Å². The topological polar surface area (TPSA) is 37.7 Å². The molecule has 0 fully saturated rings. The highest BCUT2D eigenvalue weighted by atomic mass is 32.2. The third-order valence-electron chi connectivity index (χ3n) is 3.49. The number of hydrogen-bond acceptors (Lipinski definition) is 5. The molecule has 0 spiro atoms. The summed E-state index contributed by atoms with van der Waals surface area (Å²) in [5.41, 5.74) is 2.86. The van der Waals surface area contributed by atoms with Crippen molar-refractivity contribution in [3.05, 3.63) is 65.2 Å². The first-order chi connectivity index (χ1) is 11.6. The number of aromatic nitrogens is 1. The van der Waals surface area contributed by atoms with Gasteiger partial charge in [-0.15, -0.1) is 0 Å². The predicted octanol–water partition coefficient (Wildman–Crippen LogP) is 4.41. The van der Waals surface area contributed by atoms with E-state index in [9.17, 15) is 4.39 Å². The lowest BCUT2D eigenvalue weighted by Crippen LogP contribution is -2.22. The molecule has 0 aliphatic carbocycles. The van der Waals surface area contributed by atoms with Crippen LogP contribution in [0.4, 0.5) is 4.39 Å². The fourth-order valence-corrected chi connectivity index (χ4v) is 3.35. The van der Waals surface area contributed by atoms with Crippen LogP contribution in [0.25, 0.3) is 0 Å². The average molecular weight is 347 g/mol. The van der Waals surface area contributed by atoms with Gasteiger partial charge in [-0.05, 0) is 39.0 Å². The van der Waals surface area contributed by atoms with E-state index in [1.165, 1.54) is 0 Å². The maximum absolute atomic E-state index is 12.7. The number of alkyl halides is 1. The van der Waals surface area contributed by atoms with Crippen LogP contribution < -0.4 is 0 Å². The first-order valence-corrected chi connectivity index (χ1v) is 8.54. The molecule has 128 valence electrons. The smallest absolute Gasteiger partial charge is 0.228 e. The van der Waals surface area contributed by atoms with E-state index in [0.717, 1.165) is 21.9 Å². The maximum Gasteiger partial charge on any atom is 0.228 e. The Morgan fingerprint density at radius 1 is 1.42 bits per heavy atom. The third-order valence-corrected chi connectivity index (χ3v) is 4.91. The Morgan fingerprint density at radius 3 is 2.83 bits per heavy atom. The van der Waals surface area contributed by atoms with Crippen LogP contribution in [0.2, 0.25) is 0 Å². The Hall–Kier alpha value is -2.08. The highest BCUT2D eigenvalue weighted by Gasteiger charge is 2.28. The zero-order chi connectivity index (χ0) is 17.5. The monoisotopic (exact) mass is 347 g/mol. The second-order valence-electron chi connectivity index (χ2n) is 5.32. The first kappa shape index (κ1) is 18.3. The van der Waals surface area contributed by atoms with E-state index in [0.29, 0.717) is 5.76 Å². The maximum atomic E-state index is 12.7. The normalized spacial score (nSPS) is 19.1. The van der Waals surface area contributed by atoms with Gasteiger partial charge in [0.2, 0.25) is 6.86 Å². The van der Waals surface area contributed by atoms with E-state index in [-0.39, 0.29) is 5.37 Å². The summed E-state index contributed by atoms with van der Waals surface area (Å²) in [6.07, 6.45) is 9.21. The van der Waals surface area contributed by atoms with Crippen molar-refractivity contribution in [1.29, 1.82) is 0 Å². The highest BCUT2D eigenvalue weighted by Crippen LogP contribution is 2.34. The number of rotatable bonds is 6. The molecule has 0 radical (unpaired) electrons. The molecule has 1 unspecified atom stereocenters. The minimum Gasteiger partial charge on any atom is -0.463 e. The molecule has 0 saturated heterocycles. The molecule has 6 heteroatoms. The molecular formula is C18H22FN3OS. The summed E-state index contributed by atoms with van der Waals surface area (Å²) in [5.74, 6) is 0.526. The van der Waals surface area contributed by atoms with E-state index in [1.807, 2.05) is 69.4 Å². The lowest BCUT2D eigenvalue weighted by Gasteiger charge is -2.20. The van der Waals surface area contributed by atoms with E-state index in [4.69, 9.17) is 4.74 Å². The number of pyridine rings is 1. The molecule has 1 aliphatic rings. The van der Waals surface area contributed by atoms with Crippen LogP contribution in [-0.4, -0.2) is 34.3 Å². The van der Waals surface area contributed by atoms with E-state index >= 15 is 0 Å². The SMILES string of the molecule is C\C=C/C=C\C(OCF)=C(/C)C1SC(c2ccc(C)nc2)=NN1C. The molecule has 2 rings (SSSR count). The van der Waals surface area contributed by atoms with Crippen molar-refractivity contribution in [2.45, 2.75) is 26.1 Å². The molecule has 4 nitrogen and oxygen atoms in total. The molecule has 1 aliphatic heterocycles. The molecule has 1 atom stereocenters. The Bertz CT molecular complexity index is 680. The summed E-state index contributed by atoms with van der Waals surface area (Å²) in [6.45, 7) is 4.95. The standard InChI is InChI=1S/C18H22FN3OS/c1-5-6-7-8-16(23-12-19)14(3)18-22(4)21-17(24-18)15-10-9-13(2)20-11-15/h5-11,18H,12H2,1-4H3/b6-5-,8-7-,16-14-. The number of thioether (sulfide) groups is 1.